The second-order valence-electron chi connectivity index (χ2n) is 4.58. The number of hydrogen-bond acceptors (Lipinski definition) is 5. The number of amides is 2. The Morgan fingerprint density at radius 3 is 2.64 bits per heavy atom. The first kappa shape index (κ1) is 17.4. The van der Waals surface area contributed by atoms with E-state index in [1.165, 1.54) is 13.1 Å². The molecule has 0 saturated carbocycles. The molecule has 0 aliphatic rings. The maximum atomic E-state index is 11.3. The Hall–Kier alpha value is -2.64. The fourth-order valence-electron chi connectivity index (χ4n) is 1.81. The molecule has 1 atom stereocenters. The number of nitrogens with one attached hydrogen (secondary N) is 2. The maximum Gasteiger partial charge on any atom is 0.407 e. The molecule has 8 heteroatoms. The van der Waals surface area contributed by atoms with Crippen molar-refractivity contribution in [3.8, 4) is 0 Å². The van der Waals surface area contributed by atoms with Gasteiger partial charge in [-0.15, -0.1) is 0 Å². The van der Waals surface area contributed by atoms with Crippen LogP contribution in [0.25, 0.3) is 0 Å². The first-order valence-electron chi connectivity index (χ1n) is 6.81. The van der Waals surface area contributed by atoms with Crippen molar-refractivity contribution in [3.63, 3.8) is 0 Å². The number of carbonyl (C=O) groups excluding carboxylic acids is 2. The highest BCUT2D eigenvalue weighted by molar-refractivity contribution is 5.75. The molecule has 0 heterocycles. The van der Waals surface area contributed by atoms with E-state index in [2.05, 4.69) is 10.6 Å². The molecule has 0 aliphatic carbocycles. The Balaban J connectivity index is 3.01. The molecule has 0 spiro atoms. The number of benzene rings is 1. The van der Waals surface area contributed by atoms with Crippen molar-refractivity contribution in [2.45, 2.75) is 32.9 Å². The molecular formula is C14H19N3O5. The predicted octanol–water partition coefficient (Wildman–Crippen LogP) is 2.04. The Morgan fingerprint density at radius 2 is 2.09 bits per heavy atom. The number of carbonyl (C=O) groups is 2. The maximum absolute atomic E-state index is 11.3. The number of hydrogen-bond donors (Lipinski definition) is 2. The minimum Gasteiger partial charge on any atom is -0.441 e. The molecule has 0 radical (unpaired) electrons. The number of nitro groups is 1. The Labute approximate surface area is 128 Å². The van der Waals surface area contributed by atoms with E-state index in [4.69, 9.17) is 4.74 Å². The summed E-state index contributed by atoms with van der Waals surface area (Å²) in [5.74, 6) is -0.116. The van der Waals surface area contributed by atoms with E-state index in [1.807, 2.05) is 0 Å². The van der Waals surface area contributed by atoms with E-state index in [1.54, 1.807) is 26.0 Å². The van der Waals surface area contributed by atoms with Crippen LogP contribution in [-0.4, -0.2) is 24.0 Å². The first-order valence-corrected chi connectivity index (χ1v) is 6.81. The quantitative estimate of drug-likeness (QED) is 0.617. The van der Waals surface area contributed by atoms with Gasteiger partial charge < -0.3 is 15.4 Å². The van der Waals surface area contributed by atoms with Crippen molar-refractivity contribution in [2.75, 3.05) is 7.05 Å². The van der Waals surface area contributed by atoms with Crippen LogP contribution in [0.4, 0.5) is 10.5 Å². The molecule has 1 aromatic carbocycles. The summed E-state index contributed by atoms with van der Waals surface area (Å²) in [5.41, 5.74) is 0.827. The zero-order chi connectivity index (χ0) is 16.7. The van der Waals surface area contributed by atoms with E-state index in [0.717, 1.165) is 0 Å². The van der Waals surface area contributed by atoms with E-state index in [-0.39, 0.29) is 23.7 Å². The van der Waals surface area contributed by atoms with Gasteiger partial charge in [-0.1, -0.05) is 13.0 Å². The number of rotatable bonds is 6. The van der Waals surface area contributed by atoms with Gasteiger partial charge >= 0.3 is 6.09 Å². The molecule has 8 nitrogen and oxygen atoms in total. The third-order valence-corrected chi connectivity index (χ3v) is 3.03. The van der Waals surface area contributed by atoms with E-state index >= 15 is 0 Å². The third-order valence-electron chi connectivity index (χ3n) is 3.03. The van der Waals surface area contributed by atoms with Crippen LogP contribution >= 0.6 is 0 Å². The van der Waals surface area contributed by atoms with Crippen molar-refractivity contribution in [1.29, 1.82) is 0 Å². The number of ether oxygens (including phenoxy) is 1. The molecule has 1 unspecified atom stereocenters. The van der Waals surface area contributed by atoms with Gasteiger partial charge in [0, 0.05) is 26.1 Å². The van der Waals surface area contributed by atoms with Crippen molar-refractivity contribution in [1.82, 2.24) is 10.6 Å². The topological polar surface area (TPSA) is 111 Å². The standard InChI is InChI=1S/C14H19N3O5/c1-4-13(18)16-8-10-5-6-12(17(20)21)11(7-10)9(2)22-14(19)15-3/h5-7,9H,4,8H2,1-3H3,(H,15,19)(H,16,18). The van der Waals surface area contributed by atoms with Crippen LogP contribution in [-0.2, 0) is 16.1 Å². The number of alkyl carbamates (subject to hydrolysis) is 1. The van der Waals surface area contributed by atoms with E-state index in [9.17, 15) is 19.7 Å². The van der Waals surface area contributed by atoms with Crippen molar-refractivity contribution in [2.24, 2.45) is 0 Å². The number of nitro benzene ring substituents is 1. The Morgan fingerprint density at radius 1 is 1.41 bits per heavy atom. The van der Waals surface area contributed by atoms with Crippen molar-refractivity contribution >= 4 is 17.7 Å². The van der Waals surface area contributed by atoms with E-state index in [0.29, 0.717) is 12.0 Å². The van der Waals surface area contributed by atoms with Crippen LogP contribution in [0.5, 0.6) is 0 Å². The molecule has 2 N–H and O–H groups in total. The van der Waals surface area contributed by atoms with Crippen LogP contribution in [0.1, 0.15) is 37.5 Å². The summed E-state index contributed by atoms with van der Waals surface area (Å²) in [4.78, 5) is 33.1. The second-order valence-corrected chi connectivity index (χ2v) is 4.58. The van der Waals surface area contributed by atoms with E-state index < -0.39 is 17.1 Å². The summed E-state index contributed by atoms with van der Waals surface area (Å²) < 4.78 is 5.04. The lowest BCUT2D eigenvalue weighted by molar-refractivity contribution is -0.386. The molecule has 1 rings (SSSR count). The first-order chi connectivity index (χ1) is 10.4. The van der Waals surface area contributed by atoms with Crippen molar-refractivity contribution in [3.05, 3.63) is 39.4 Å². The molecule has 2 amide bonds. The Bertz CT molecular complexity index is 574. The lowest BCUT2D eigenvalue weighted by Gasteiger charge is -2.14. The zero-order valence-corrected chi connectivity index (χ0v) is 12.7. The Kier molecular flexibility index (Phi) is 6.30. The molecule has 0 aromatic heterocycles. The largest absolute Gasteiger partial charge is 0.441 e. The van der Waals surface area contributed by atoms with Crippen LogP contribution in [0.3, 0.4) is 0 Å². The van der Waals surface area contributed by atoms with Crippen LogP contribution in [0.2, 0.25) is 0 Å². The van der Waals surface area contributed by atoms with Crippen molar-refractivity contribution < 1.29 is 19.2 Å². The molecule has 22 heavy (non-hydrogen) atoms. The minimum absolute atomic E-state index is 0.116. The normalized spacial score (nSPS) is 11.4. The van der Waals surface area contributed by atoms with Gasteiger partial charge in [0.2, 0.25) is 5.91 Å². The summed E-state index contributed by atoms with van der Waals surface area (Å²) >= 11 is 0. The highest BCUT2D eigenvalue weighted by Gasteiger charge is 2.22. The monoisotopic (exact) mass is 309 g/mol. The fraction of sp³-hybridized carbons (Fsp3) is 0.429. The lowest BCUT2D eigenvalue weighted by atomic mass is 10.0. The molecular weight excluding hydrogens is 290 g/mol. The van der Waals surface area contributed by atoms with Gasteiger partial charge in [0.15, 0.2) is 0 Å². The summed E-state index contributed by atoms with van der Waals surface area (Å²) in [7, 11) is 1.40. The molecule has 0 saturated heterocycles. The smallest absolute Gasteiger partial charge is 0.407 e. The SMILES string of the molecule is CCC(=O)NCc1ccc([N+](=O)[O-])c(C(C)OC(=O)NC)c1. The zero-order valence-electron chi connectivity index (χ0n) is 12.7. The van der Waals surface area contributed by atoms with Gasteiger partial charge in [0.25, 0.3) is 5.69 Å². The van der Waals surface area contributed by atoms with Gasteiger partial charge in [-0.3, -0.25) is 14.9 Å². The number of nitrogens with zero attached hydrogens (tertiary/aromatic N) is 1. The van der Waals surface area contributed by atoms with Gasteiger partial charge in [-0.2, -0.15) is 0 Å². The van der Waals surface area contributed by atoms with Crippen LogP contribution in [0.15, 0.2) is 18.2 Å². The second kappa shape index (κ2) is 7.96. The molecule has 0 fully saturated rings. The highest BCUT2D eigenvalue weighted by atomic mass is 16.6. The average Bonchev–Trinajstić information content (AvgIpc) is 2.51. The molecule has 120 valence electrons. The summed E-state index contributed by atoms with van der Waals surface area (Å²) in [6.45, 7) is 3.53. The summed E-state index contributed by atoms with van der Waals surface area (Å²) in [5, 5.41) is 16.1. The van der Waals surface area contributed by atoms with Gasteiger partial charge in [0.05, 0.1) is 10.5 Å². The van der Waals surface area contributed by atoms with Gasteiger partial charge in [-0.05, 0) is 18.6 Å². The van der Waals surface area contributed by atoms with Crippen LogP contribution in [0, 0.1) is 10.1 Å². The summed E-state index contributed by atoms with van der Waals surface area (Å²) in [6, 6.07) is 4.46. The molecule has 0 aliphatic heterocycles. The van der Waals surface area contributed by atoms with Gasteiger partial charge in [-0.25, -0.2) is 4.79 Å². The highest BCUT2D eigenvalue weighted by Crippen LogP contribution is 2.28. The molecule has 0 bridgehead atoms. The third kappa shape index (κ3) is 4.72. The minimum atomic E-state index is -0.790. The molecule has 1 aromatic rings. The predicted molar refractivity (Wildman–Crippen MR) is 79.2 cm³/mol. The van der Waals surface area contributed by atoms with Gasteiger partial charge in [0.1, 0.15) is 6.10 Å². The fourth-order valence-corrected chi connectivity index (χ4v) is 1.81. The summed E-state index contributed by atoms with van der Waals surface area (Å²) in [6.07, 6.45) is -1.11. The lowest BCUT2D eigenvalue weighted by Crippen LogP contribution is -2.22. The van der Waals surface area contributed by atoms with Crippen LogP contribution < -0.4 is 10.6 Å². The average molecular weight is 309 g/mol.